The minimum Gasteiger partial charge on any atom is -0.339 e. The van der Waals surface area contributed by atoms with E-state index in [0.717, 1.165) is 25.9 Å². The number of hydrogen-bond donors (Lipinski definition) is 1. The first-order valence-electron chi connectivity index (χ1n) is 7.11. The van der Waals surface area contributed by atoms with Gasteiger partial charge in [0.1, 0.15) is 0 Å². The van der Waals surface area contributed by atoms with Crippen molar-refractivity contribution in [1.82, 2.24) is 10.2 Å². The molecule has 2 heterocycles. The van der Waals surface area contributed by atoms with E-state index in [4.69, 9.17) is 0 Å². The van der Waals surface area contributed by atoms with Crippen molar-refractivity contribution in [3.8, 4) is 0 Å². The average molecular weight is 238 g/mol. The third-order valence-electron chi connectivity index (χ3n) is 4.41. The predicted molar refractivity (Wildman–Crippen MR) is 69.8 cm³/mol. The molecule has 4 atom stereocenters. The molecule has 98 valence electrons. The summed E-state index contributed by atoms with van der Waals surface area (Å²) >= 11 is 0. The molecule has 3 heteroatoms. The minimum atomic E-state index is 0.221. The summed E-state index contributed by atoms with van der Waals surface area (Å²) in [6.45, 7) is 8.49. The van der Waals surface area contributed by atoms with E-state index in [1.54, 1.807) is 0 Å². The lowest BCUT2D eigenvalue weighted by atomic mass is 9.90. The molecule has 0 aromatic rings. The summed E-state index contributed by atoms with van der Waals surface area (Å²) in [5.41, 5.74) is 0. The maximum atomic E-state index is 12.5. The van der Waals surface area contributed by atoms with E-state index in [1.807, 2.05) is 0 Å². The van der Waals surface area contributed by atoms with Gasteiger partial charge in [-0.3, -0.25) is 4.79 Å². The SMILES string of the molecule is CC1CCC(C)N(C(=O)C2CCC(C)NC2)C1. The van der Waals surface area contributed by atoms with Gasteiger partial charge in [-0.25, -0.2) is 0 Å². The zero-order valence-corrected chi connectivity index (χ0v) is 11.4. The molecule has 1 N–H and O–H groups in total. The molecule has 17 heavy (non-hydrogen) atoms. The predicted octanol–water partition coefficient (Wildman–Crippen LogP) is 2.02. The van der Waals surface area contributed by atoms with Gasteiger partial charge in [0.2, 0.25) is 5.91 Å². The van der Waals surface area contributed by atoms with Crippen molar-refractivity contribution in [1.29, 1.82) is 0 Å². The third kappa shape index (κ3) is 3.01. The van der Waals surface area contributed by atoms with Gasteiger partial charge in [-0.05, 0) is 45.4 Å². The van der Waals surface area contributed by atoms with E-state index < -0.39 is 0 Å². The Bertz CT molecular complexity index is 271. The van der Waals surface area contributed by atoms with Crippen molar-refractivity contribution in [3.63, 3.8) is 0 Å². The lowest BCUT2D eigenvalue weighted by Gasteiger charge is -2.40. The molecule has 0 aliphatic carbocycles. The zero-order valence-electron chi connectivity index (χ0n) is 11.4. The molecule has 0 saturated carbocycles. The van der Waals surface area contributed by atoms with Gasteiger partial charge in [0.25, 0.3) is 0 Å². The number of hydrogen-bond acceptors (Lipinski definition) is 2. The van der Waals surface area contributed by atoms with Crippen molar-refractivity contribution in [2.24, 2.45) is 11.8 Å². The summed E-state index contributed by atoms with van der Waals surface area (Å²) in [4.78, 5) is 14.6. The Hall–Kier alpha value is -0.570. The highest BCUT2D eigenvalue weighted by Crippen LogP contribution is 2.25. The molecule has 0 spiro atoms. The Labute approximate surface area is 105 Å². The highest BCUT2D eigenvalue weighted by molar-refractivity contribution is 5.79. The minimum absolute atomic E-state index is 0.221. The van der Waals surface area contributed by atoms with Crippen molar-refractivity contribution < 1.29 is 4.79 Å². The van der Waals surface area contributed by atoms with Crippen molar-refractivity contribution in [3.05, 3.63) is 0 Å². The van der Waals surface area contributed by atoms with Crippen LogP contribution in [0.5, 0.6) is 0 Å². The van der Waals surface area contributed by atoms with E-state index >= 15 is 0 Å². The summed E-state index contributed by atoms with van der Waals surface area (Å²) in [7, 11) is 0. The number of carbonyl (C=O) groups is 1. The molecule has 2 aliphatic heterocycles. The number of amides is 1. The highest BCUT2D eigenvalue weighted by atomic mass is 16.2. The topological polar surface area (TPSA) is 32.3 Å². The van der Waals surface area contributed by atoms with Crippen LogP contribution >= 0.6 is 0 Å². The smallest absolute Gasteiger partial charge is 0.227 e. The first-order chi connectivity index (χ1) is 8.08. The van der Waals surface area contributed by atoms with Crippen LogP contribution in [0.3, 0.4) is 0 Å². The quantitative estimate of drug-likeness (QED) is 0.758. The molecule has 4 unspecified atom stereocenters. The zero-order chi connectivity index (χ0) is 12.4. The Morgan fingerprint density at radius 1 is 1.12 bits per heavy atom. The molecule has 2 fully saturated rings. The van der Waals surface area contributed by atoms with Crippen LogP contribution in [-0.2, 0) is 4.79 Å². The largest absolute Gasteiger partial charge is 0.339 e. The van der Waals surface area contributed by atoms with Crippen molar-refractivity contribution >= 4 is 5.91 Å². The first-order valence-corrected chi connectivity index (χ1v) is 7.11. The second-order valence-electron chi connectivity index (χ2n) is 6.11. The fourth-order valence-electron chi connectivity index (χ4n) is 3.04. The van der Waals surface area contributed by atoms with Gasteiger partial charge in [0.05, 0.1) is 5.92 Å². The van der Waals surface area contributed by atoms with Crippen LogP contribution in [0.4, 0.5) is 0 Å². The molecule has 0 radical (unpaired) electrons. The maximum Gasteiger partial charge on any atom is 0.227 e. The van der Waals surface area contributed by atoms with E-state index in [9.17, 15) is 4.79 Å². The van der Waals surface area contributed by atoms with Crippen LogP contribution in [0.25, 0.3) is 0 Å². The molecule has 0 aromatic heterocycles. The van der Waals surface area contributed by atoms with Crippen LogP contribution in [0.1, 0.15) is 46.5 Å². The van der Waals surface area contributed by atoms with Gasteiger partial charge < -0.3 is 10.2 Å². The molecule has 0 bridgehead atoms. The Kier molecular flexibility index (Phi) is 4.08. The van der Waals surface area contributed by atoms with Gasteiger partial charge in [0.15, 0.2) is 0 Å². The summed E-state index contributed by atoms with van der Waals surface area (Å²) < 4.78 is 0. The number of nitrogens with one attached hydrogen (secondary N) is 1. The number of nitrogens with zero attached hydrogens (tertiary/aromatic N) is 1. The van der Waals surface area contributed by atoms with Gasteiger partial charge >= 0.3 is 0 Å². The number of carbonyl (C=O) groups excluding carboxylic acids is 1. The second-order valence-corrected chi connectivity index (χ2v) is 6.11. The van der Waals surface area contributed by atoms with Crippen LogP contribution < -0.4 is 5.32 Å². The Morgan fingerprint density at radius 2 is 1.88 bits per heavy atom. The molecule has 2 rings (SSSR count). The molecule has 2 saturated heterocycles. The Morgan fingerprint density at radius 3 is 2.53 bits per heavy atom. The van der Waals surface area contributed by atoms with Crippen LogP contribution in [0.15, 0.2) is 0 Å². The molecule has 2 aliphatic rings. The lowest BCUT2D eigenvalue weighted by molar-refractivity contribution is -0.140. The van der Waals surface area contributed by atoms with Gasteiger partial charge in [-0.2, -0.15) is 0 Å². The summed E-state index contributed by atoms with van der Waals surface area (Å²) in [5.74, 6) is 1.29. The number of likely N-dealkylation sites (tertiary alicyclic amines) is 1. The first kappa shape index (κ1) is 12.9. The number of piperidine rings is 2. The summed E-state index contributed by atoms with van der Waals surface area (Å²) in [6.07, 6.45) is 4.63. The van der Waals surface area contributed by atoms with E-state index in [0.29, 0.717) is 23.9 Å². The average Bonchev–Trinajstić information content (AvgIpc) is 2.32. The fourth-order valence-corrected chi connectivity index (χ4v) is 3.04. The van der Waals surface area contributed by atoms with Gasteiger partial charge in [0, 0.05) is 25.2 Å². The molecule has 0 aromatic carbocycles. The van der Waals surface area contributed by atoms with E-state index in [1.165, 1.54) is 12.8 Å². The molecule has 1 amide bonds. The van der Waals surface area contributed by atoms with Gasteiger partial charge in [-0.1, -0.05) is 6.92 Å². The monoisotopic (exact) mass is 238 g/mol. The molecule has 3 nitrogen and oxygen atoms in total. The highest BCUT2D eigenvalue weighted by Gasteiger charge is 2.32. The van der Waals surface area contributed by atoms with E-state index in [2.05, 4.69) is 31.0 Å². The lowest BCUT2D eigenvalue weighted by Crippen LogP contribution is -2.51. The number of rotatable bonds is 1. The Balaban J connectivity index is 1.94. The maximum absolute atomic E-state index is 12.5. The molecular weight excluding hydrogens is 212 g/mol. The summed E-state index contributed by atoms with van der Waals surface area (Å²) in [5, 5.41) is 3.43. The fraction of sp³-hybridized carbons (Fsp3) is 0.929. The van der Waals surface area contributed by atoms with Crippen LogP contribution in [-0.4, -0.2) is 36.0 Å². The second kappa shape index (κ2) is 5.38. The normalized spacial score (nSPS) is 39.1. The summed E-state index contributed by atoms with van der Waals surface area (Å²) in [6, 6.07) is 1.02. The van der Waals surface area contributed by atoms with E-state index in [-0.39, 0.29) is 5.92 Å². The molecular formula is C14H26N2O. The van der Waals surface area contributed by atoms with Crippen LogP contribution in [0.2, 0.25) is 0 Å². The third-order valence-corrected chi connectivity index (χ3v) is 4.41. The van der Waals surface area contributed by atoms with Gasteiger partial charge in [-0.15, -0.1) is 0 Å². The van der Waals surface area contributed by atoms with Crippen molar-refractivity contribution in [2.45, 2.75) is 58.5 Å². The standard InChI is InChI=1S/C14H26N2O/c1-10-4-6-12(3)16(9-10)14(17)13-7-5-11(2)15-8-13/h10-13,15H,4-9H2,1-3H3. The van der Waals surface area contributed by atoms with Crippen LogP contribution in [0, 0.1) is 11.8 Å². The van der Waals surface area contributed by atoms with Crippen molar-refractivity contribution in [2.75, 3.05) is 13.1 Å².